The van der Waals surface area contributed by atoms with Crippen LogP contribution < -0.4 is 5.32 Å². The molecule has 0 aromatic heterocycles. The number of hydrogen-bond donors (Lipinski definition) is 1. The van der Waals surface area contributed by atoms with E-state index in [-0.39, 0.29) is 0 Å². The van der Waals surface area contributed by atoms with Crippen molar-refractivity contribution < 1.29 is 17.9 Å². The quantitative estimate of drug-likeness (QED) is 0.829. The second kappa shape index (κ2) is 7.76. The van der Waals surface area contributed by atoms with Crippen LogP contribution in [0, 0.1) is 0 Å². The molecule has 4 nitrogen and oxygen atoms in total. The predicted octanol–water partition coefficient (Wildman–Crippen LogP) is 1.32. The van der Waals surface area contributed by atoms with Crippen LogP contribution in [0.2, 0.25) is 0 Å². The number of nitrogens with one attached hydrogen (secondary N) is 1. The number of morpholine rings is 1. The van der Waals surface area contributed by atoms with Crippen LogP contribution in [0.5, 0.6) is 0 Å². The zero-order chi connectivity index (χ0) is 15.3. The molecule has 2 saturated heterocycles. The Morgan fingerprint density at radius 3 is 2.29 bits per heavy atom. The molecule has 2 heterocycles. The van der Waals surface area contributed by atoms with Gasteiger partial charge in [0, 0.05) is 31.7 Å². The van der Waals surface area contributed by atoms with E-state index >= 15 is 0 Å². The molecule has 124 valence electrons. The largest absolute Gasteiger partial charge is 0.401 e. The third kappa shape index (κ3) is 6.50. The summed E-state index contributed by atoms with van der Waals surface area (Å²) in [4.78, 5) is 3.88. The summed E-state index contributed by atoms with van der Waals surface area (Å²) in [6.07, 6.45) is -2.49. The lowest BCUT2D eigenvalue weighted by Gasteiger charge is -2.36. The highest BCUT2D eigenvalue weighted by molar-refractivity contribution is 4.81. The number of ether oxygens (including phenoxy) is 1. The summed E-state index contributed by atoms with van der Waals surface area (Å²) in [5.41, 5.74) is 0. The van der Waals surface area contributed by atoms with Crippen molar-refractivity contribution in [2.24, 2.45) is 0 Å². The Hall–Kier alpha value is -0.370. The van der Waals surface area contributed by atoms with E-state index in [9.17, 15) is 13.2 Å². The van der Waals surface area contributed by atoms with Gasteiger partial charge < -0.3 is 10.1 Å². The highest BCUT2D eigenvalue weighted by Gasteiger charge is 2.32. The minimum Gasteiger partial charge on any atom is -0.379 e. The number of halogens is 3. The number of rotatable bonds is 5. The number of likely N-dealkylation sites (tertiary alicyclic amines) is 1. The normalized spacial score (nSPS) is 25.1. The van der Waals surface area contributed by atoms with Gasteiger partial charge in [-0.05, 0) is 32.9 Å². The van der Waals surface area contributed by atoms with Gasteiger partial charge in [-0.3, -0.25) is 9.80 Å². The van der Waals surface area contributed by atoms with Gasteiger partial charge in [0.05, 0.1) is 19.8 Å². The summed E-state index contributed by atoms with van der Waals surface area (Å²) in [7, 11) is 0. The summed E-state index contributed by atoms with van der Waals surface area (Å²) in [5, 5.41) is 3.56. The number of hydrogen-bond acceptors (Lipinski definition) is 4. The van der Waals surface area contributed by atoms with Gasteiger partial charge in [-0.25, -0.2) is 0 Å². The molecule has 21 heavy (non-hydrogen) atoms. The van der Waals surface area contributed by atoms with Crippen molar-refractivity contribution in [3.8, 4) is 0 Å². The zero-order valence-electron chi connectivity index (χ0n) is 12.7. The third-order valence-electron chi connectivity index (χ3n) is 4.15. The molecule has 0 amide bonds. The summed E-state index contributed by atoms with van der Waals surface area (Å²) in [6, 6.07) is 0.702. The molecule has 0 aromatic rings. The molecule has 2 fully saturated rings. The van der Waals surface area contributed by atoms with Crippen molar-refractivity contribution in [3.63, 3.8) is 0 Å². The number of alkyl halides is 3. The second-order valence-electron chi connectivity index (χ2n) is 6.15. The first-order valence-corrected chi connectivity index (χ1v) is 7.77. The van der Waals surface area contributed by atoms with Gasteiger partial charge in [0.25, 0.3) is 0 Å². The molecule has 1 unspecified atom stereocenters. The van der Waals surface area contributed by atoms with E-state index < -0.39 is 12.7 Å². The van der Waals surface area contributed by atoms with E-state index in [1.165, 1.54) is 4.90 Å². The van der Waals surface area contributed by atoms with Crippen molar-refractivity contribution in [3.05, 3.63) is 0 Å². The smallest absolute Gasteiger partial charge is 0.379 e. The Balaban J connectivity index is 1.63. The van der Waals surface area contributed by atoms with E-state index in [4.69, 9.17) is 4.74 Å². The van der Waals surface area contributed by atoms with Crippen molar-refractivity contribution >= 4 is 0 Å². The van der Waals surface area contributed by atoms with Crippen LogP contribution in [0.25, 0.3) is 0 Å². The fraction of sp³-hybridized carbons (Fsp3) is 1.00. The van der Waals surface area contributed by atoms with Gasteiger partial charge in [0.1, 0.15) is 0 Å². The first kappa shape index (κ1) is 17.0. The molecule has 1 N–H and O–H groups in total. The Bertz CT molecular complexity index is 300. The number of nitrogens with zero attached hydrogens (tertiary/aromatic N) is 2. The molecule has 0 saturated carbocycles. The Morgan fingerprint density at radius 1 is 1.10 bits per heavy atom. The SMILES string of the molecule is CC(CN1CCOCC1)NC1CCN(CC(F)(F)F)CC1. The summed E-state index contributed by atoms with van der Waals surface area (Å²) >= 11 is 0. The average molecular weight is 309 g/mol. The fourth-order valence-corrected chi connectivity index (χ4v) is 3.14. The Morgan fingerprint density at radius 2 is 1.71 bits per heavy atom. The topological polar surface area (TPSA) is 27.7 Å². The highest BCUT2D eigenvalue weighted by atomic mass is 19.4. The third-order valence-corrected chi connectivity index (χ3v) is 4.15. The van der Waals surface area contributed by atoms with Gasteiger partial charge in [0.15, 0.2) is 0 Å². The monoisotopic (exact) mass is 309 g/mol. The maximum absolute atomic E-state index is 12.3. The van der Waals surface area contributed by atoms with E-state index in [1.54, 1.807) is 0 Å². The van der Waals surface area contributed by atoms with Crippen LogP contribution >= 0.6 is 0 Å². The van der Waals surface area contributed by atoms with Gasteiger partial charge in [-0.15, -0.1) is 0 Å². The molecule has 1 atom stereocenters. The van der Waals surface area contributed by atoms with E-state index in [0.717, 1.165) is 45.7 Å². The van der Waals surface area contributed by atoms with Crippen LogP contribution in [0.3, 0.4) is 0 Å². The van der Waals surface area contributed by atoms with Gasteiger partial charge in [-0.1, -0.05) is 0 Å². The molecule has 0 radical (unpaired) electrons. The minimum absolute atomic E-state index is 0.338. The van der Waals surface area contributed by atoms with Gasteiger partial charge >= 0.3 is 6.18 Å². The highest BCUT2D eigenvalue weighted by Crippen LogP contribution is 2.20. The summed E-state index contributed by atoms with van der Waals surface area (Å²) in [6.45, 7) is 6.94. The average Bonchev–Trinajstić information content (AvgIpc) is 2.40. The van der Waals surface area contributed by atoms with Crippen LogP contribution in [0.4, 0.5) is 13.2 Å². The maximum Gasteiger partial charge on any atom is 0.401 e. The van der Waals surface area contributed by atoms with E-state index in [0.29, 0.717) is 25.2 Å². The molecule has 0 aromatic carbocycles. The molecule has 7 heteroatoms. The van der Waals surface area contributed by atoms with E-state index in [2.05, 4.69) is 17.1 Å². The van der Waals surface area contributed by atoms with E-state index in [1.807, 2.05) is 0 Å². The van der Waals surface area contributed by atoms with Crippen LogP contribution in [0.15, 0.2) is 0 Å². The lowest BCUT2D eigenvalue weighted by Crippen LogP contribution is -2.51. The fourth-order valence-electron chi connectivity index (χ4n) is 3.14. The molecule has 0 bridgehead atoms. The lowest BCUT2D eigenvalue weighted by molar-refractivity contribution is -0.148. The molecule has 0 aliphatic carbocycles. The minimum atomic E-state index is -4.08. The maximum atomic E-state index is 12.3. The van der Waals surface area contributed by atoms with Crippen LogP contribution in [-0.4, -0.2) is 80.5 Å². The second-order valence-corrected chi connectivity index (χ2v) is 6.15. The Kier molecular flexibility index (Phi) is 6.28. The lowest BCUT2D eigenvalue weighted by atomic mass is 10.0. The van der Waals surface area contributed by atoms with Gasteiger partial charge in [0.2, 0.25) is 0 Å². The van der Waals surface area contributed by atoms with Crippen LogP contribution in [-0.2, 0) is 4.74 Å². The molecule has 2 aliphatic rings. The molecular formula is C14H26F3N3O. The first-order valence-electron chi connectivity index (χ1n) is 7.77. The summed E-state index contributed by atoms with van der Waals surface area (Å²) < 4.78 is 42.3. The molecule has 0 spiro atoms. The summed E-state index contributed by atoms with van der Waals surface area (Å²) in [5.74, 6) is 0. The van der Waals surface area contributed by atoms with Gasteiger partial charge in [-0.2, -0.15) is 13.2 Å². The van der Waals surface area contributed by atoms with Crippen molar-refractivity contribution in [1.29, 1.82) is 0 Å². The molecule has 2 rings (SSSR count). The van der Waals surface area contributed by atoms with Crippen molar-refractivity contribution in [2.75, 3.05) is 52.5 Å². The van der Waals surface area contributed by atoms with Crippen LogP contribution in [0.1, 0.15) is 19.8 Å². The van der Waals surface area contributed by atoms with Crippen molar-refractivity contribution in [1.82, 2.24) is 15.1 Å². The Labute approximate surface area is 124 Å². The number of piperidine rings is 1. The van der Waals surface area contributed by atoms with Crippen molar-refractivity contribution in [2.45, 2.75) is 38.0 Å². The molecular weight excluding hydrogens is 283 g/mol. The standard InChI is InChI=1S/C14H26F3N3O/c1-12(10-19-6-8-21-9-7-19)18-13-2-4-20(5-3-13)11-14(15,16)17/h12-13,18H,2-11H2,1H3. The zero-order valence-corrected chi connectivity index (χ0v) is 12.7. The molecule has 2 aliphatic heterocycles. The predicted molar refractivity (Wildman–Crippen MR) is 75.4 cm³/mol. The first-order chi connectivity index (χ1) is 9.92.